The molecule has 2 heterocycles. The molecule has 1 aromatic heterocycles. The van der Waals surface area contributed by atoms with Gasteiger partial charge in [-0.25, -0.2) is 4.39 Å². The van der Waals surface area contributed by atoms with E-state index in [1.807, 2.05) is 23.2 Å². The van der Waals surface area contributed by atoms with Gasteiger partial charge in [-0.1, -0.05) is 6.07 Å². The van der Waals surface area contributed by atoms with Crippen molar-refractivity contribution in [2.45, 2.75) is 17.4 Å². The Bertz CT molecular complexity index is 672. The quantitative estimate of drug-likeness (QED) is 0.807. The SMILES string of the molecule is Cl.O=C(CCSc1ccc(F)cc1)N1CCNCC1c1cccnc1. The summed E-state index contributed by atoms with van der Waals surface area (Å²) in [4.78, 5) is 19.7. The first-order chi connectivity index (χ1) is 11.7. The number of hydrogen-bond acceptors (Lipinski definition) is 4. The highest BCUT2D eigenvalue weighted by atomic mass is 35.5. The van der Waals surface area contributed by atoms with Crippen molar-refractivity contribution in [3.8, 4) is 0 Å². The summed E-state index contributed by atoms with van der Waals surface area (Å²) in [6.07, 6.45) is 4.04. The second kappa shape index (κ2) is 9.75. The van der Waals surface area contributed by atoms with Gasteiger partial charge < -0.3 is 10.2 Å². The van der Waals surface area contributed by atoms with E-state index in [-0.39, 0.29) is 30.2 Å². The van der Waals surface area contributed by atoms with Crippen LogP contribution >= 0.6 is 24.2 Å². The predicted octanol–water partition coefficient (Wildman–Crippen LogP) is 3.30. The zero-order chi connectivity index (χ0) is 16.8. The van der Waals surface area contributed by atoms with Gasteiger partial charge in [-0.15, -0.1) is 24.2 Å². The van der Waals surface area contributed by atoms with Crippen molar-refractivity contribution in [3.63, 3.8) is 0 Å². The number of nitrogens with zero attached hydrogens (tertiary/aromatic N) is 2. The monoisotopic (exact) mass is 381 g/mol. The first kappa shape index (κ1) is 19.7. The smallest absolute Gasteiger partial charge is 0.224 e. The summed E-state index contributed by atoms with van der Waals surface area (Å²) >= 11 is 1.58. The zero-order valence-electron chi connectivity index (χ0n) is 13.7. The molecule has 0 saturated carbocycles. The van der Waals surface area contributed by atoms with Gasteiger partial charge in [-0.05, 0) is 35.9 Å². The fourth-order valence-corrected chi connectivity index (χ4v) is 3.65. The number of piperazine rings is 1. The fourth-order valence-electron chi connectivity index (χ4n) is 2.80. The molecule has 1 aliphatic rings. The molecule has 0 radical (unpaired) electrons. The van der Waals surface area contributed by atoms with Crippen LogP contribution in [0.25, 0.3) is 0 Å². The molecule has 0 aliphatic carbocycles. The molecule has 7 heteroatoms. The maximum Gasteiger partial charge on any atom is 0.224 e. The third kappa shape index (κ3) is 5.42. The minimum Gasteiger partial charge on any atom is -0.333 e. The Morgan fingerprint density at radius 1 is 1.32 bits per heavy atom. The highest BCUT2D eigenvalue weighted by Crippen LogP contribution is 2.24. The standard InChI is InChI=1S/C18H20FN3OS.ClH/c19-15-3-5-16(6-4-15)24-11-7-18(23)22-10-9-21-13-17(22)14-2-1-8-20-12-14;/h1-6,8,12,17,21H,7,9-11,13H2;1H. The summed E-state index contributed by atoms with van der Waals surface area (Å²) in [5.41, 5.74) is 1.06. The number of thioether (sulfide) groups is 1. The maximum atomic E-state index is 12.9. The van der Waals surface area contributed by atoms with Gasteiger partial charge in [0.25, 0.3) is 0 Å². The van der Waals surface area contributed by atoms with Crippen LogP contribution in [0.2, 0.25) is 0 Å². The predicted molar refractivity (Wildman–Crippen MR) is 101 cm³/mol. The molecule has 0 spiro atoms. The number of pyridine rings is 1. The Kier molecular flexibility index (Phi) is 7.68. The van der Waals surface area contributed by atoms with Gasteiger partial charge in [0.2, 0.25) is 5.91 Å². The van der Waals surface area contributed by atoms with E-state index < -0.39 is 0 Å². The molecule has 1 unspecified atom stereocenters. The van der Waals surface area contributed by atoms with E-state index in [0.717, 1.165) is 23.5 Å². The number of rotatable bonds is 5. The van der Waals surface area contributed by atoms with Crippen LogP contribution in [0.5, 0.6) is 0 Å². The van der Waals surface area contributed by atoms with E-state index in [1.54, 1.807) is 30.1 Å². The molecule has 1 atom stereocenters. The average molecular weight is 382 g/mol. The Hall–Kier alpha value is -1.63. The molecule has 1 aliphatic heterocycles. The number of nitrogens with one attached hydrogen (secondary N) is 1. The molecule has 0 bridgehead atoms. The van der Waals surface area contributed by atoms with E-state index in [4.69, 9.17) is 0 Å². The number of aromatic nitrogens is 1. The van der Waals surface area contributed by atoms with Crippen LogP contribution in [0.4, 0.5) is 4.39 Å². The topological polar surface area (TPSA) is 45.2 Å². The maximum absolute atomic E-state index is 12.9. The number of hydrogen-bond donors (Lipinski definition) is 1. The Morgan fingerprint density at radius 3 is 2.84 bits per heavy atom. The number of carbonyl (C=O) groups excluding carboxylic acids is 1. The first-order valence-corrected chi connectivity index (χ1v) is 9.01. The molecule has 1 amide bonds. The number of carbonyl (C=O) groups is 1. The molecular weight excluding hydrogens is 361 g/mol. The second-order valence-corrected chi connectivity index (χ2v) is 6.81. The summed E-state index contributed by atoms with van der Waals surface area (Å²) in [6.45, 7) is 2.27. The third-order valence-corrected chi connectivity index (χ3v) is 5.04. The molecule has 4 nitrogen and oxygen atoms in total. The molecule has 25 heavy (non-hydrogen) atoms. The highest BCUT2D eigenvalue weighted by Gasteiger charge is 2.27. The van der Waals surface area contributed by atoms with Gasteiger partial charge in [0.15, 0.2) is 0 Å². The van der Waals surface area contributed by atoms with Gasteiger partial charge in [-0.2, -0.15) is 0 Å². The van der Waals surface area contributed by atoms with Gasteiger partial charge in [0.05, 0.1) is 6.04 Å². The largest absolute Gasteiger partial charge is 0.333 e. The second-order valence-electron chi connectivity index (χ2n) is 5.65. The van der Waals surface area contributed by atoms with Crippen molar-refractivity contribution in [1.82, 2.24) is 15.2 Å². The Morgan fingerprint density at radius 2 is 2.12 bits per heavy atom. The lowest BCUT2D eigenvalue weighted by Gasteiger charge is -2.36. The van der Waals surface area contributed by atoms with Crippen molar-refractivity contribution in [1.29, 1.82) is 0 Å². The van der Waals surface area contributed by atoms with Crippen molar-refractivity contribution in [2.75, 3.05) is 25.4 Å². The lowest BCUT2D eigenvalue weighted by molar-refractivity contribution is -0.134. The molecular formula is C18H21ClFN3OS. The number of amides is 1. The summed E-state index contributed by atoms with van der Waals surface area (Å²) in [5, 5.41) is 3.34. The van der Waals surface area contributed by atoms with Gasteiger partial charge in [-0.3, -0.25) is 9.78 Å². The molecule has 1 aromatic carbocycles. The molecule has 1 saturated heterocycles. The van der Waals surface area contributed by atoms with Gasteiger partial charge in [0, 0.05) is 49.1 Å². The average Bonchev–Trinajstić information content (AvgIpc) is 2.64. The number of benzene rings is 1. The van der Waals surface area contributed by atoms with Crippen molar-refractivity contribution >= 4 is 30.1 Å². The highest BCUT2D eigenvalue weighted by molar-refractivity contribution is 7.99. The van der Waals surface area contributed by atoms with Crippen LogP contribution in [-0.2, 0) is 4.79 Å². The molecule has 3 rings (SSSR count). The third-order valence-electron chi connectivity index (χ3n) is 4.03. The molecule has 1 fully saturated rings. The van der Waals surface area contributed by atoms with Crippen LogP contribution in [-0.4, -0.2) is 41.2 Å². The van der Waals surface area contributed by atoms with E-state index in [0.29, 0.717) is 18.7 Å². The summed E-state index contributed by atoms with van der Waals surface area (Å²) in [7, 11) is 0. The normalized spacial score (nSPS) is 17.0. The van der Waals surface area contributed by atoms with Crippen molar-refractivity contribution in [3.05, 3.63) is 60.2 Å². The van der Waals surface area contributed by atoms with Crippen molar-refractivity contribution in [2.24, 2.45) is 0 Å². The number of halogens is 2. The molecule has 134 valence electrons. The minimum absolute atomic E-state index is 0. The summed E-state index contributed by atoms with van der Waals surface area (Å²) in [5.74, 6) is 0.601. The zero-order valence-corrected chi connectivity index (χ0v) is 15.4. The minimum atomic E-state index is -0.240. The summed E-state index contributed by atoms with van der Waals surface area (Å²) in [6, 6.07) is 10.3. The van der Waals surface area contributed by atoms with Crippen molar-refractivity contribution < 1.29 is 9.18 Å². The first-order valence-electron chi connectivity index (χ1n) is 8.02. The van der Waals surface area contributed by atoms with Crippen LogP contribution in [0.3, 0.4) is 0 Å². The van der Waals surface area contributed by atoms with Crippen LogP contribution in [0.1, 0.15) is 18.0 Å². The van der Waals surface area contributed by atoms with E-state index in [2.05, 4.69) is 10.3 Å². The Labute approximate surface area is 157 Å². The van der Waals surface area contributed by atoms with E-state index in [1.165, 1.54) is 12.1 Å². The fraction of sp³-hybridized carbons (Fsp3) is 0.333. The van der Waals surface area contributed by atoms with E-state index in [9.17, 15) is 9.18 Å². The van der Waals surface area contributed by atoms with Gasteiger partial charge >= 0.3 is 0 Å². The van der Waals surface area contributed by atoms with E-state index >= 15 is 0 Å². The molecule has 1 N–H and O–H groups in total. The van der Waals surface area contributed by atoms with Crippen LogP contribution in [0, 0.1) is 5.82 Å². The summed E-state index contributed by atoms with van der Waals surface area (Å²) < 4.78 is 12.9. The van der Waals surface area contributed by atoms with Gasteiger partial charge in [0.1, 0.15) is 5.82 Å². The lowest BCUT2D eigenvalue weighted by atomic mass is 10.1. The Balaban J connectivity index is 0.00000225. The lowest BCUT2D eigenvalue weighted by Crippen LogP contribution is -2.48. The van der Waals surface area contributed by atoms with Crippen LogP contribution in [0.15, 0.2) is 53.7 Å². The van der Waals surface area contributed by atoms with Crippen LogP contribution < -0.4 is 5.32 Å². The molecule has 2 aromatic rings.